The molecule has 20 heavy (non-hydrogen) atoms. The molecule has 6 heteroatoms. The smallest absolute Gasteiger partial charge is 0.205 e. The summed E-state index contributed by atoms with van der Waals surface area (Å²) in [4.78, 5) is 1.49. The monoisotopic (exact) mass is 332 g/mol. The predicted octanol–water partition coefficient (Wildman–Crippen LogP) is 3.29. The van der Waals surface area contributed by atoms with Gasteiger partial charge in [0.25, 0.3) is 0 Å². The fourth-order valence-corrected chi connectivity index (χ4v) is 2.07. The zero-order chi connectivity index (χ0) is 13.9. The van der Waals surface area contributed by atoms with Crippen LogP contribution in [-0.4, -0.2) is 20.2 Å². The van der Waals surface area contributed by atoms with Crippen molar-refractivity contribution in [2.75, 3.05) is 0 Å². The summed E-state index contributed by atoms with van der Waals surface area (Å²) in [5, 5.41) is 12.2. The molecule has 0 saturated heterocycles. The normalized spacial score (nSPS) is 10.7. The number of nitrogens with zero attached hydrogens (tertiary/aromatic N) is 4. The first-order valence-electron chi connectivity index (χ1n) is 5.99. The second-order valence-corrected chi connectivity index (χ2v) is 5.20. The van der Waals surface area contributed by atoms with Crippen LogP contribution in [0.4, 0.5) is 4.39 Å². The van der Waals surface area contributed by atoms with E-state index in [1.807, 2.05) is 24.3 Å². The minimum absolute atomic E-state index is 0.313. The highest BCUT2D eigenvalue weighted by Gasteiger charge is 2.07. The third kappa shape index (κ3) is 2.91. The number of hydrogen-bond acceptors (Lipinski definition) is 3. The van der Waals surface area contributed by atoms with Crippen molar-refractivity contribution in [3.8, 4) is 11.4 Å². The van der Waals surface area contributed by atoms with Crippen molar-refractivity contribution in [2.45, 2.75) is 6.54 Å². The first-order valence-corrected chi connectivity index (χ1v) is 6.78. The molecule has 0 atom stereocenters. The third-order valence-corrected chi connectivity index (χ3v) is 3.30. The van der Waals surface area contributed by atoms with E-state index in [2.05, 4.69) is 31.3 Å². The standard InChI is InChI=1S/C14H10BrFN4/c15-12-6-4-10(5-7-12)9-20-18-14(17-19-20)11-2-1-3-13(16)8-11/h1-8H,9H2. The van der Waals surface area contributed by atoms with Crippen molar-refractivity contribution in [1.82, 2.24) is 20.2 Å². The SMILES string of the molecule is Fc1cccc(-c2nnn(Cc3ccc(Br)cc3)n2)c1. The van der Waals surface area contributed by atoms with Crippen LogP contribution in [0.2, 0.25) is 0 Å². The zero-order valence-corrected chi connectivity index (χ0v) is 12.0. The van der Waals surface area contributed by atoms with Gasteiger partial charge in [0.1, 0.15) is 5.82 Å². The van der Waals surface area contributed by atoms with Gasteiger partial charge in [0.05, 0.1) is 6.54 Å². The van der Waals surface area contributed by atoms with E-state index in [0.29, 0.717) is 17.9 Å². The number of halogens is 2. The van der Waals surface area contributed by atoms with Gasteiger partial charge in [-0.25, -0.2) is 4.39 Å². The van der Waals surface area contributed by atoms with Crippen molar-refractivity contribution in [3.05, 3.63) is 64.4 Å². The van der Waals surface area contributed by atoms with Crippen LogP contribution in [-0.2, 0) is 6.54 Å². The summed E-state index contributed by atoms with van der Waals surface area (Å²) in [6.07, 6.45) is 0. The Morgan fingerprint density at radius 2 is 1.90 bits per heavy atom. The Bertz CT molecular complexity index is 724. The molecule has 4 nitrogen and oxygen atoms in total. The van der Waals surface area contributed by atoms with Crippen LogP contribution in [0.3, 0.4) is 0 Å². The molecule has 0 amide bonds. The van der Waals surface area contributed by atoms with Crippen LogP contribution in [0.1, 0.15) is 5.56 Å². The zero-order valence-electron chi connectivity index (χ0n) is 10.4. The topological polar surface area (TPSA) is 43.6 Å². The van der Waals surface area contributed by atoms with Gasteiger partial charge in [-0.1, -0.05) is 40.2 Å². The Kier molecular flexibility index (Phi) is 3.56. The van der Waals surface area contributed by atoms with Crippen LogP contribution < -0.4 is 0 Å². The third-order valence-electron chi connectivity index (χ3n) is 2.77. The van der Waals surface area contributed by atoms with E-state index >= 15 is 0 Å². The van der Waals surface area contributed by atoms with E-state index in [1.165, 1.54) is 16.9 Å². The molecule has 2 aromatic carbocycles. The number of rotatable bonds is 3. The second-order valence-electron chi connectivity index (χ2n) is 4.28. The average Bonchev–Trinajstić information content (AvgIpc) is 2.90. The molecule has 100 valence electrons. The van der Waals surface area contributed by atoms with E-state index in [1.54, 1.807) is 12.1 Å². The Balaban J connectivity index is 1.82. The molecule has 0 bridgehead atoms. The molecule has 1 heterocycles. The maximum absolute atomic E-state index is 13.2. The Labute approximate surface area is 123 Å². The summed E-state index contributed by atoms with van der Waals surface area (Å²) >= 11 is 3.39. The minimum atomic E-state index is -0.313. The molecular formula is C14H10BrFN4. The van der Waals surface area contributed by atoms with E-state index in [0.717, 1.165) is 10.0 Å². The van der Waals surface area contributed by atoms with Gasteiger partial charge in [-0.05, 0) is 35.0 Å². The van der Waals surface area contributed by atoms with Crippen molar-refractivity contribution >= 4 is 15.9 Å². The van der Waals surface area contributed by atoms with E-state index in [-0.39, 0.29) is 5.82 Å². The minimum Gasteiger partial charge on any atom is -0.207 e. The van der Waals surface area contributed by atoms with Crippen LogP contribution in [0.15, 0.2) is 53.0 Å². The predicted molar refractivity (Wildman–Crippen MR) is 76.5 cm³/mol. The fraction of sp³-hybridized carbons (Fsp3) is 0.0714. The van der Waals surface area contributed by atoms with E-state index < -0.39 is 0 Å². The highest BCUT2D eigenvalue weighted by molar-refractivity contribution is 9.10. The second kappa shape index (κ2) is 5.50. The molecule has 1 aromatic heterocycles. The molecule has 0 radical (unpaired) electrons. The lowest BCUT2D eigenvalue weighted by molar-refractivity contribution is 0.572. The Morgan fingerprint density at radius 1 is 1.10 bits per heavy atom. The summed E-state index contributed by atoms with van der Waals surface area (Å²) in [6.45, 7) is 0.523. The molecule has 3 aromatic rings. The number of tetrazole rings is 1. The van der Waals surface area contributed by atoms with Gasteiger partial charge < -0.3 is 0 Å². The first kappa shape index (κ1) is 12.9. The maximum Gasteiger partial charge on any atom is 0.205 e. The van der Waals surface area contributed by atoms with Crippen LogP contribution in [0.25, 0.3) is 11.4 Å². The molecule has 0 N–H and O–H groups in total. The van der Waals surface area contributed by atoms with Gasteiger partial charge in [-0.3, -0.25) is 0 Å². The molecule has 0 saturated carbocycles. The fourth-order valence-electron chi connectivity index (χ4n) is 1.81. The molecule has 0 unspecified atom stereocenters. The number of hydrogen-bond donors (Lipinski definition) is 0. The number of benzene rings is 2. The molecule has 0 aliphatic heterocycles. The quantitative estimate of drug-likeness (QED) is 0.739. The van der Waals surface area contributed by atoms with Crippen molar-refractivity contribution in [1.29, 1.82) is 0 Å². The van der Waals surface area contributed by atoms with Crippen LogP contribution >= 0.6 is 15.9 Å². The summed E-state index contributed by atoms with van der Waals surface area (Å²) in [7, 11) is 0. The number of aromatic nitrogens is 4. The van der Waals surface area contributed by atoms with Crippen molar-refractivity contribution in [2.24, 2.45) is 0 Å². The average molecular weight is 333 g/mol. The van der Waals surface area contributed by atoms with Crippen molar-refractivity contribution in [3.63, 3.8) is 0 Å². The molecule has 3 rings (SSSR count). The molecule has 0 spiro atoms. The first-order chi connectivity index (χ1) is 9.70. The molecule has 0 aliphatic rings. The van der Waals surface area contributed by atoms with Gasteiger partial charge in [-0.2, -0.15) is 4.80 Å². The van der Waals surface area contributed by atoms with Crippen molar-refractivity contribution < 1.29 is 4.39 Å². The summed E-state index contributed by atoms with van der Waals surface area (Å²) in [6, 6.07) is 14.0. The molecule has 0 fully saturated rings. The van der Waals surface area contributed by atoms with Crippen LogP contribution in [0.5, 0.6) is 0 Å². The highest BCUT2D eigenvalue weighted by atomic mass is 79.9. The van der Waals surface area contributed by atoms with Gasteiger partial charge in [0, 0.05) is 10.0 Å². The summed E-state index contributed by atoms with van der Waals surface area (Å²) in [5.41, 5.74) is 1.68. The highest BCUT2D eigenvalue weighted by Crippen LogP contribution is 2.15. The molecule has 0 aliphatic carbocycles. The van der Waals surface area contributed by atoms with Gasteiger partial charge in [0.2, 0.25) is 5.82 Å². The lowest BCUT2D eigenvalue weighted by Crippen LogP contribution is -2.03. The van der Waals surface area contributed by atoms with Gasteiger partial charge >= 0.3 is 0 Å². The summed E-state index contributed by atoms with van der Waals surface area (Å²) in [5.74, 6) is 0.105. The summed E-state index contributed by atoms with van der Waals surface area (Å²) < 4.78 is 14.2. The Hall–Kier alpha value is -2.08. The largest absolute Gasteiger partial charge is 0.207 e. The lowest BCUT2D eigenvalue weighted by Gasteiger charge is -1.99. The molecular weight excluding hydrogens is 323 g/mol. The maximum atomic E-state index is 13.2. The Morgan fingerprint density at radius 3 is 2.65 bits per heavy atom. The van der Waals surface area contributed by atoms with Crippen LogP contribution in [0, 0.1) is 5.82 Å². The van der Waals surface area contributed by atoms with Gasteiger partial charge in [0.15, 0.2) is 0 Å². The van der Waals surface area contributed by atoms with E-state index in [9.17, 15) is 4.39 Å². The lowest BCUT2D eigenvalue weighted by atomic mass is 10.2. The van der Waals surface area contributed by atoms with Gasteiger partial charge in [-0.15, -0.1) is 10.2 Å². The van der Waals surface area contributed by atoms with E-state index in [4.69, 9.17) is 0 Å².